The van der Waals surface area contributed by atoms with Gasteiger partial charge in [0.05, 0.1) is 6.42 Å². The average Bonchev–Trinajstić information content (AvgIpc) is 2.80. The molecule has 1 fully saturated rings. The minimum Gasteiger partial charge on any atom is -0.339 e. The van der Waals surface area contributed by atoms with Gasteiger partial charge in [0.25, 0.3) is 0 Å². The third-order valence-corrected chi connectivity index (χ3v) is 3.19. The Labute approximate surface area is 102 Å². The monoisotopic (exact) mass is 254 g/mol. The van der Waals surface area contributed by atoms with E-state index in [2.05, 4.69) is 22.0 Å². The predicted molar refractivity (Wildman–Crippen MR) is 57.1 cm³/mol. The van der Waals surface area contributed by atoms with Crippen LogP contribution in [0.25, 0.3) is 0 Å². The van der Waals surface area contributed by atoms with Crippen LogP contribution in [0, 0.1) is 5.92 Å². The highest BCUT2D eigenvalue weighted by Crippen LogP contribution is 2.46. The number of imidazole rings is 1. The van der Waals surface area contributed by atoms with Crippen LogP contribution in [0.2, 0.25) is 0 Å². The SMILES string of the molecule is C[C@@H]1C[C@H]1c1nc(Cc2nccn2C(F)F)no1. The van der Waals surface area contributed by atoms with Crippen LogP contribution in [-0.4, -0.2) is 19.7 Å². The molecule has 1 aliphatic rings. The molecule has 0 N–H and O–H groups in total. The Kier molecular flexibility index (Phi) is 2.61. The maximum absolute atomic E-state index is 12.6. The van der Waals surface area contributed by atoms with Gasteiger partial charge in [0.1, 0.15) is 5.82 Å². The molecule has 18 heavy (non-hydrogen) atoms. The van der Waals surface area contributed by atoms with E-state index >= 15 is 0 Å². The van der Waals surface area contributed by atoms with Gasteiger partial charge in [-0.3, -0.25) is 4.57 Å². The number of hydrogen-bond donors (Lipinski definition) is 0. The molecule has 2 aromatic rings. The van der Waals surface area contributed by atoms with Crippen molar-refractivity contribution in [1.82, 2.24) is 19.7 Å². The topological polar surface area (TPSA) is 56.7 Å². The zero-order valence-electron chi connectivity index (χ0n) is 9.75. The standard InChI is InChI=1S/C11H12F2N4O/c1-6-4-7(6)10-15-8(16-18-10)5-9-14-2-3-17(9)11(12)13/h2-3,6-7,11H,4-5H2,1H3/t6-,7-/m1/s1. The second-order valence-electron chi connectivity index (χ2n) is 4.57. The molecule has 0 saturated heterocycles. The van der Waals surface area contributed by atoms with E-state index in [1.165, 1.54) is 12.4 Å². The molecule has 5 nitrogen and oxygen atoms in total. The molecule has 2 atom stereocenters. The molecule has 0 bridgehead atoms. The average molecular weight is 254 g/mol. The molecule has 0 amide bonds. The van der Waals surface area contributed by atoms with Gasteiger partial charge in [-0.2, -0.15) is 13.8 Å². The van der Waals surface area contributed by atoms with Crippen molar-refractivity contribution in [3.05, 3.63) is 29.9 Å². The van der Waals surface area contributed by atoms with E-state index in [-0.39, 0.29) is 12.2 Å². The second kappa shape index (κ2) is 4.15. The smallest absolute Gasteiger partial charge is 0.319 e. The van der Waals surface area contributed by atoms with Crippen molar-refractivity contribution >= 4 is 0 Å². The van der Waals surface area contributed by atoms with Crippen LogP contribution in [0.15, 0.2) is 16.9 Å². The van der Waals surface area contributed by atoms with E-state index in [0.717, 1.165) is 11.0 Å². The van der Waals surface area contributed by atoms with E-state index < -0.39 is 6.55 Å². The summed E-state index contributed by atoms with van der Waals surface area (Å²) in [6.45, 7) is -0.491. The Bertz CT molecular complexity index is 551. The molecule has 2 aromatic heterocycles. The van der Waals surface area contributed by atoms with Crippen molar-refractivity contribution in [3.63, 3.8) is 0 Å². The van der Waals surface area contributed by atoms with Crippen molar-refractivity contribution in [1.29, 1.82) is 0 Å². The van der Waals surface area contributed by atoms with Crippen LogP contribution in [0.1, 0.15) is 43.4 Å². The van der Waals surface area contributed by atoms with Crippen molar-refractivity contribution in [3.8, 4) is 0 Å². The summed E-state index contributed by atoms with van der Waals surface area (Å²) in [5.74, 6) is 2.15. The normalized spacial score (nSPS) is 22.7. The molecular weight excluding hydrogens is 242 g/mol. The van der Waals surface area contributed by atoms with E-state index in [1.54, 1.807) is 0 Å². The summed E-state index contributed by atoms with van der Waals surface area (Å²) < 4.78 is 31.2. The highest BCUT2D eigenvalue weighted by atomic mass is 19.3. The molecule has 0 aliphatic heterocycles. The summed E-state index contributed by atoms with van der Waals surface area (Å²) in [7, 11) is 0. The van der Waals surface area contributed by atoms with Crippen molar-refractivity contribution in [2.45, 2.75) is 32.2 Å². The van der Waals surface area contributed by atoms with E-state index in [4.69, 9.17) is 4.52 Å². The second-order valence-corrected chi connectivity index (χ2v) is 4.57. The molecule has 0 aromatic carbocycles. The van der Waals surface area contributed by atoms with Crippen LogP contribution in [-0.2, 0) is 6.42 Å². The number of rotatable bonds is 4. The Balaban J connectivity index is 1.76. The van der Waals surface area contributed by atoms with Crippen LogP contribution >= 0.6 is 0 Å². The van der Waals surface area contributed by atoms with E-state index in [9.17, 15) is 8.78 Å². The number of hydrogen-bond acceptors (Lipinski definition) is 4. The maximum Gasteiger partial charge on any atom is 0.319 e. The minimum absolute atomic E-state index is 0.155. The summed E-state index contributed by atoms with van der Waals surface area (Å²) >= 11 is 0. The zero-order valence-corrected chi connectivity index (χ0v) is 9.75. The summed E-state index contributed by atoms with van der Waals surface area (Å²) in [6, 6.07) is 0. The van der Waals surface area contributed by atoms with Gasteiger partial charge in [-0.15, -0.1) is 0 Å². The number of alkyl halides is 2. The Morgan fingerprint density at radius 2 is 2.33 bits per heavy atom. The number of halogens is 2. The van der Waals surface area contributed by atoms with Crippen molar-refractivity contribution in [2.75, 3.05) is 0 Å². The lowest BCUT2D eigenvalue weighted by Gasteiger charge is -2.03. The first-order valence-electron chi connectivity index (χ1n) is 5.77. The van der Waals surface area contributed by atoms with Crippen LogP contribution in [0.3, 0.4) is 0 Å². The zero-order chi connectivity index (χ0) is 12.7. The summed E-state index contributed by atoms with van der Waals surface area (Å²) in [6.07, 6.45) is 3.78. The van der Waals surface area contributed by atoms with Gasteiger partial charge in [-0.25, -0.2) is 4.98 Å². The number of aromatic nitrogens is 4. The highest BCUT2D eigenvalue weighted by Gasteiger charge is 2.38. The van der Waals surface area contributed by atoms with Crippen LogP contribution in [0.4, 0.5) is 8.78 Å². The summed E-state index contributed by atoms with van der Waals surface area (Å²) in [4.78, 5) is 8.10. The quantitative estimate of drug-likeness (QED) is 0.840. The molecule has 0 radical (unpaired) electrons. The summed E-state index contributed by atoms with van der Waals surface area (Å²) in [5.41, 5.74) is 0. The Hall–Kier alpha value is -1.79. The fourth-order valence-electron chi connectivity index (χ4n) is 1.96. The van der Waals surface area contributed by atoms with E-state index in [1.807, 2.05) is 0 Å². The Morgan fingerprint density at radius 1 is 1.56 bits per heavy atom. The minimum atomic E-state index is -2.60. The molecule has 2 heterocycles. The van der Waals surface area contributed by atoms with Gasteiger partial charge in [-0.1, -0.05) is 12.1 Å². The lowest BCUT2D eigenvalue weighted by atomic mass is 10.3. The van der Waals surface area contributed by atoms with Crippen molar-refractivity contribution in [2.24, 2.45) is 5.92 Å². The number of nitrogens with zero attached hydrogens (tertiary/aromatic N) is 4. The molecule has 1 aliphatic carbocycles. The van der Waals surface area contributed by atoms with E-state index in [0.29, 0.717) is 23.6 Å². The fraction of sp³-hybridized carbons (Fsp3) is 0.545. The third-order valence-electron chi connectivity index (χ3n) is 3.19. The molecule has 0 unspecified atom stereocenters. The first-order chi connectivity index (χ1) is 8.65. The van der Waals surface area contributed by atoms with Gasteiger partial charge >= 0.3 is 6.55 Å². The highest BCUT2D eigenvalue weighted by molar-refractivity contribution is 5.08. The third kappa shape index (κ3) is 2.00. The van der Waals surface area contributed by atoms with Crippen LogP contribution < -0.4 is 0 Å². The fourth-order valence-corrected chi connectivity index (χ4v) is 1.96. The van der Waals surface area contributed by atoms with Gasteiger partial charge in [0, 0.05) is 18.3 Å². The van der Waals surface area contributed by atoms with Gasteiger partial charge in [0.15, 0.2) is 5.82 Å². The van der Waals surface area contributed by atoms with Gasteiger partial charge in [0.2, 0.25) is 5.89 Å². The van der Waals surface area contributed by atoms with Crippen molar-refractivity contribution < 1.29 is 13.3 Å². The molecule has 0 spiro atoms. The lowest BCUT2D eigenvalue weighted by Crippen LogP contribution is -2.05. The lowest BCUT2D eigenvalue weighted by molar-refractivity contribution is 0.0673. The van der Waals surface area contributed by atoms with Gasteiger partial charge < -0.3 is 4.52 Å². The summed E-state index contributed by atoms with van der Waals surface area (Å²) in [5, 5.41) is 3.80. The first kappa shape index (κ1) is 11.3. The maximum atomic E-state index is 12.6. The Morgan fingerprint density at radius 3 is 3.00 bits per heavy atom. The molecule has 7 heteroatoms. The van der Waals surface area contributed by atoms with Gasteiger partial charge in [-0.05, 0) is 12.3 Å². The first-order valence-corrected chi connectivity index (χ1v) is 5.77. The van der Waals surface area contributed by atoms with Crippen LogP contribution in [0.5, 0.6) is 0 Å². The predicted octanol–water partition coefficient (Wildman–Crippen LogP) is 2.38. The molecular formula is C11H12F2N4O. The molecule has 1 saturated carbocycles. The molecule has 96 valence electrons. The molecule has 3 rings (SSSR count). The largest absolute Gasteiger partial charge is 0.339 e.